The maximum atomic E-state index is 11.3. The Labute approximate surface area is 84.6 Å². The lowest BCUT2D eigenvalue weighted by molar-refractivity contribution is 0.164. The first-order chi connectivity index (χ1) is 7.26. The van der Waals surface area contributed by atoms with Crippen LogP contribution in [0.4, 0.5) is 0 Å². The van der Waals surface area contributed by atoms with Gasteiger partial charge in [-0.2, -0.15) is 0 Å². The molecule has 0 aliphatic rings. The second-order valence-electron chi connectivity index (χ2n) is 2.86. The van der Waals surface area contributed by atoms with E-state index in [0.717, 1.165) is 4.73 Å². The zero-order valence-electron chi connectivity index (χ0n) is 8.35. The van der Waals surface area contributed by atoms with Gasteiger partial charge in [-0.05, 0) is 0 Å². The van der Waals surface area contributed by atoms with Gasteiger partial charge < -0.3 is 14.6 Å². The van der Waals surface area contributed by atoms with Crippen molar-refractivity contribution in [2.45, 2.75) is 6.61 Å². The third-order valence-corrected chi connectivity index (χ3v) is 1.89. The molecule has 0 fully saturated rings. The molecule has 0 aliphatic carbocycles. The lowest BCUT2D eigenvalue weighted by atomic mass is 10.5. The summed E-state index contributed by atoms with van der Waals surface area (Å²) in [6.07, 6.45) is 1.52. The molecule has 1 N–H and O–H groups in total. The van der Waals surface area contributed by atoms with Gasteiger partial charge in [-0.1, -0.05) is 0 Å². The molecular weight excluding hydrogens is 200 g/mol. The third-order valence-electron chi connectivity index (χ3n) is 1.89. The second kappa shape index (κ2) is 3.70. The van der Waals surface area contributed by atoms with Crippen molar-refractivity contribution in [3.8, 4) is 0 Å². The molecule has 0 amide bonds. The van der Waals surface area contributed by atoms with Crippen molar-refractivity contribution < 1.29 is 9.57 Å². The van der Waals surface area contributed by atoms with Crippen LogP contribution in [0.1, 0.15) is 5.82 Å². The largest absolute Gasteiger partial charge is 0.411 e. The molecule has 0 spiro atoms. The molecule has 0 aromatic carbocycles. The lowest BCUT2D eigenvalue weighted by Crippen LogP contribution is -2.22. The van der Waals surface area contributed by atoms with Crippen LogP contribution >= 0.6 is 0 Å². The molecule has 7 nitrogen and oxygen atoms in total. The summed E-state index contributed by atoms with van der Waals surface area (Å²) in [4.78, 5) is 26.9. The highest BCUT2D eigenvalue weighted by Crippen LogP contribution is 2.04. The van der Waals surface area contributed by atoms with E-state index >= 15 is 0 Å². The Balaban J connectivity index is 2.62. The lowest BCUT2D eigenvalue weighted by Gasteiger charge is -2.00. The number of fused-ring (bicyclic) bond motifs is 1. The quantitative estimate of drug-likeness (QED) is 0.726. The fourth-order valence-corrected chi connectivity index (χ4v) is 1.28. The summed E-state index contributed by atoms with van der Waals surface area (Å²) < 4.78 is 5.96. The Bertz CT molecular complexity index is 530. The summed E-state index contributed by atoms with van der Waals surface area (Å²) in [6.45, 7) is 0.291. The SMILES string of the molecule is COCc1ncc2[nH]c(=O)n(OC)c2n1. The van der Waals surface area contributed by atoms with E-state index in [1.54, 1.807) is 7.11 Å². The highest BCUT2D eigenvalue weighted by atomic mass is 16.7. The zero-order valence-corrected chi connectivity index (χ0v) is 8.35. The van der Waals surface area contributed by atoms with Crippen LogP contribution in [-0.2, 0) is 11.3 Å². The Morgan fingerprint density at radius 2 is 2.33 bits per heavy atom. The molecule has 0 aliphatic heterocycles. The van der Waals surface area contributed by atoms with E-state index in [-0.39, 0.29) is 5.69 Å². The van der Waals surface area contributed by atoms with Crippen LogP contribution in [0.3, 0.4) is 0 Å². The molecule has 0 bridgehead atoms. The maximum Gasteiger partial charge on any atom is 0.361 e. The fourth-order valence-electron chi connectivity index (χ4n) is 1.28. The van der Waals surface area contributed by atoms with Gasteiger partial charge in [0.2, 0.25) is 5.65 Å². The van der Waals surface area contributed by atoms with E-state index in [1.807, 2.05) is 0 Å². The molecule has 2 aromatic heterocycles. The van der Waals surface area contributed by atoms with Gasteiger partial charge in [-0.25, -0.2) is 14.8 Å². The summed E-state index contributed by atoms with van der Waals surface area (Å²) in [5.74, 6) is 0.495. The van der Waals surface area contributed by atoms with Gasteiger partial charge in [0.25, 0.3) is 0 Å². The van der Waals surface area contributed by atoms with Crippen molar-refractivity contribution >= 4 is 11.2 Å². The first kappa shape index (κ1) is 9.66. The number of nitrogens with one attached hydrogen (secondary N) is 1. The number of hydrogen-bond donors (Lipinski definition) is 1. The highest BCUT2D eigenvalue weighted by Gasteiger charge is 2.09. The predicted molar refractivity (Wildman–Crippen MR) is 51.4 cm³/mol. The average molecular weight is 210 g/mol. The van der Waals surface area contributed by atoms with Gasteiger partial charge in [-0.15, -0.1) is 4.73 Å². The third kappa shape index (κ3) is 1.57. The first-order valence-electron chi connectivity index (χ1n) is 4.26. The zero-order chi connectivity index (χ0) is 10.8. The number of nitrogens with zero attached hydrogens (tertiary/aromatic N) is 3. The number of methoxy groups -OCH3 is 1. The maximum absolute atomic E-state index is 11.3. The standard InChI is InChI=1S/C8H10N4O3/c1-14-4-6-9-3-5-7(11-6)12(15-2)8(13)10-5/h3H,4H2,1-2H3,(H,10,13). The smallest absolute Gasteiger partial charge is 0.361 e. The summed E-state index contributed by atoms with van der Waals surface area (Å²) in [7, 11) is 2.95. The van der Waals surface area contributed by atoms with Crippen molar-refractivity contribution in [2.24, 2.45) is 0 Å². The number of ether oxygens (including phenoxy) is 1. The van der Waals surface area contributed by atoms with Gasteiger partial charge in [0.1, 0.15) is 19.2 Å². The molecule has 15 heavy (non-hydrogen) atoms. The van der Waals surface area contributed by atoms with Crippen LogP contribution in [-0.4, -0.2) is 33.9 Å². The number of rotatable bonds is 3. The Morgan fingerprint density at radius 3 is 3.00 bits per heavy atom. The van der Waals surface area contributed by atoms with Crippen LogP contribution < -0.4 is 10.5 Å². The van der Waals surface area contributed by atoms with Crippen molar-refractivity contribution in [1.29, 1.82) is 0 Å². The first-order valence-corrected chi connectivity index (χ1v) is 4.26. The molecular formula is C8H10N4O3. The molecule has 0 saturated heterocycles. The van der Waals surface area contributed by atoms with Crippen molar-refractivity contribution in [3.05, 3.63) is 22.5 Å². The molecule has 0 radical (unpaired) electrons. The van der Waals surface area contributed by atoms with Crippen molar-refractivity contribution in [2.75, 3.05) is 14.2 Å². The van der Waals surface area contributed by atoms with Crippen molar-refractivity contribution in [1.82, 2.24) is 19.7 Å². The minimum atomic E-state index is -0.378. The number of aromatic nitrogens is 4. The average Bonchev–Trinajstić information content (AvgIpc) is 2.53. The summed E-state index contributed by atoms with van der Waals surface area (Å²) in [5.41, 5.74) is 0.558. The molecule has 2 heterocycles. The molecule has 7 heteroatoms. The fraction of sp³-hybridized carbons (Fsp3) is 0.375. The van der Waals surface area contributed by atoms with E-state index < -0.39 is 0 Å². The Morgan fingerprint density at radius 1 is 1.53 bits per heavy atom. The van der Waals surface area contributed by atoms with Gasteiger partial charge in [0.15, 0.2) is 5.82 Å². The van der Waals surface area contributed by atoms with Crippen LogP contribution in [0.2, 0.25) is 0 Å². The monoisotopic (exact) mass is 210 g/mol. The molecule has 80 valence electrons. The second-order valence-corrected chi connectivity index (χ2v) is 2.86. The predicted octanol–water partition coefficient (Wildman–Crippen LogP) is -0.676. The Kier molecular flexibility index (Phi) is 2.38. The highest BCUT2D eigenvalue weighted by molar-refractivity contribution is 5.68. The summed E-state index contributed by atoms with van der Waals surface area (Å²) >= 11 is 0. The number of aromatic amines is 1. The molecule has 0 unspecified atom stereocenters. The topological polar surface area (TPSA) is 82.0 Å². The number of imidazole rings is 1. The van der Waals surface area contributed by atoms with Gasteiger partial charge >= 0.3 is 5.69 Å². The minimum Gasteiger partial charge on any atom is -0.411 e. The Hall–Kier alpha value is -1.89. The molecule has 0 atom stereocenters. The van der Waals surface area contributed by atoms with Crippen LogP contribution in [0, 0.1) is 0 Å². The van der Waals surface area contributed by atoms with E-state index in [9.17, 15) is 4.79 Å². The van der Waals surface area contributed by atoms with Crippen LogP contribution in [0.5, 0.6) is 0 Å². The van der Waals surface area contributed by atoms with E-state index in [0.29, 0.717) is 23.6 Å². The van der Waals surface area contributed by atoms with Gasteiger partial charge in [0.05, 0.1) is 6.20 Å². The molecule has 2 rings (SSSR count). The van der Waals surface area contributed by atoms with E-state index in [1.165, 1.54) is 13.3 Å². The van der Waals surface area contributed by atoms with Gasteiger partial charge in [0, 0.05) is 7.11 Å². The van der Waals surface area contributed by atoms with Crippen molar-refractivity contribution in [3.63, 3.8) is 0 Å². The number of hydrogen-bond acceptors (Lipinski definition) is 5. The van der Waals surface area contributed by atoms with Crippen LogP contribution in [0.25, 0.3) is 11.2 Å². The van der Waals surface area contributed by atoms with Gasteiger partial charge in [-0.3, -0.25) is 0 Å². The number of H-pyrrole nitrogens is 1. The minimum absolute atomic E-state index is 0.291. The van der Waals surface area contributed by atoms with E-state index in [4.69, 9.17) is 9.57 Å². The molecule has 0 saturated carbocycles. The molecule has 2 aromatic rings. The van der Waals surface area contributed by atoms with E-state index in [2.05, 4.69) is 15.0 Å². The van der Waals surface area contributed by atoms with Crippen LogP contribution in [0.15, 0.2) is 11.0 Å². The summed E-state index contributed by atoms with van der Waals surface area (Å²) in [5, 5.41) is 0. The normalized spacial score (nSPS) is 10.8. The summed E-state index contributed by atoms with van der Waals surface area (Å²) in [6, 6.07) is 0.